The van der Waals surface area contributed by atoms with Crippen molar-refractivity contribution in [2.75, 3.05) is 13.1 Å². The van der Waals surface area contributed by atoms with Crippen molar-refractivity contribution < 1.29 is 4.79 Å². The Bertz CT molecular complexity index is 422. The largest absolute Gasteiger partial charge is 0.352 e. The quantitative estimate of drug-likeness (QED) is 0.792. The van der Waals surface area contributed by atoms with Crippen molar-refractivity contribution in [2.24, 2.45) is 5.92 Å². The average Bonchev–Trinajstić information content (AvgIpc) is 2.87. The lowest BCUT2D eigenvalue weighted by Gasteiger charge is -2.28. The van der Waals surface area contributed by atoms with Crippen LogP contribution in [-0.4, -0.2) is 34.6 Å². The molecule has 98 valence electrons. The number of piperidine rings is 1. The van der Waals surface area contributed by atoms with Crippen LogP contribution in [0.4, 0.5) is 0 Å². The molecule has 0 spiro atoms. The molecule has 5 nitrogen and oxygen atoms in total. The molecule has 18 heavy (non-hydrogen) atoms. The Hall–Kier alpha value is -1.36. The second kappa shape index (κ2) is 5.10. The van der Waals surface area contributed by atoms with Gasteiger partial charge in [-0.05, 0) is 25.8 Å². The number of nitrogens with one attached hydrogen (secondary N) is 2. The summed E-state index contributed by atoms with van der Waals surface area (Å²) in [7, 11) is 0. The van der Waals surface area contributed by atoms with Gasteiger partial charge in [0.2, 0.25) is 5.91 Å². The molecule has 1 aromatic heterocycles. The van der Waals surface area contributed by atoms with E-state index in [-0.39, 0.29) is 11.8 Å². The zero-order valence-corrected chi connectivity index (χ0v) is 10.6. The molecule has 1 saturated heterocycles. The first-order valence-electron chi connectivity index (χ1n) is 6.84. The van der Waals surface area contributed by atoms with Crippen molar-refractivity contribution >= 4 is 5.91 Å². The second-order valence-electron chi connectivity index (χ2n) is 5.28. The number of hydrogen-bond donors (Lipinski definition) is 2. The molecule has 0 saturated carbocycles. The molecule has 3 heterocycles. The minimum Gasteiger partial charge on any atom is -0.352 e. The van der Waals surface area contributed by atoms with E-state index >= 15 is 0 Å². The Morgan fingerprint density at radius 3 is 3.28 bits per heavy atom. The zero-order valence-electron chi connectivity index (χ0n) is 10.6. The molecule has 0 bridgehead atoms. The third-order valence-corrected chi connectivity index (χ3v) is 3.96. The van der Waals surface area contributed by atoms with Gasteiger partial charge in [-0.3, -0.25) is 4.79 Å². The number of carbonyl (C=O) groups is 1. The van der Waals surface area contributed by atoms with Crippen molar-refractivity contribution in [1.29, 1.82) is 0 Å². The Kier molecular flexibility index (Phi) is 3.32. The Balaban J connectivity index is 1.57. The molecular weight excluding hydrogens is 228 g/mol. The molecule has 0 aliphatic carbocycles. The van der Waals surface area contributed by atoms with Crippen molar-refractivity contribution in [3.05, 3.63) is 18.2 Å². The van der Waals surface area contributed by atoms with Crippen molar-refractivity contribution in [2.45, 2.75) is 38.3 Å². The molecule has 2 atom stereocenters. The number of nitrogens with zero attached hydrogens (tertiary/aromatic N) is 2. The molecule has 3 rings (SSSR count). The summed E-state index contributed by atoms with van der Waals surface area (Å²) >= 11 is 0. The first-order valence-corrected chi connectivity index (χ1v) is 6.84. The van der Waals surface area contributed by atoms with Crippen molar-refractivity contribution in [3.63, 3.8) is 0 Å². The maximum absolute atomic E-state index is 12.2. The van der Waals surface area contributed by atoms with Gasteiger partial charge in [0.15, 0.2) is 0 Å². The normalized spacial score (nSPS) is 27.6. The Morgan fingerprint density at radius 1 is 1.50 bits per heavy atom. The summed E-state index contributed by atoms with van der Waals surface area (Å²) in [5.41, 5.74) is 0. The molecule has 2 N–H and O–H groups in total. The van der Waals surface area contributed by atoms with Crippen LogP contribution < -0.4 is 10.6 Å². The first kappa shape index (κ1) is 11.7. The van der Waals surface area contributed by atoms with Gasteiger partial charge in [0.1, 0.15) is 5.82 Å². The van der Waals surface area contributed by atoms with Crippen LogP contribution >= 0.6 is 0 Å². The molecular formula is C13H20N4O. The molecule has 1 fully saturated rings. The van der Waals surface area contributed by atoms with E-state index < -0.39 is 0 Å². The highest BCUT2D eigenvalue weighted by Gasteiger charge is 2.27. The van der Waals surface area contributed by atoms with Gasteiger partial charge in [-0.25, -0.2) is 4.98 Å². The highest BCUT2D eigenvalue weighted by atomic mass is 16.1. The fourth-order valence-corrected chi connectivity index (χ4v) is 2.87. The highest BCUT2D eigenvalue weighted by Crippen LogP contribution is 2.19. The van der Waals surface area contributed by atoms with E-state index in [1.165, 1.54) is 0 Å². The van der Waals surface area contributed by atoms with Gasteiger partial charge in [0.25, 0.3) is 0 Å². The van der Waals surface area contributed by atoms with E-state index in [1.807, 2.05) is 12.4 Å². The molecule has 0 radical (unpaired) electrons. The van der Waals surface area contributed by atoms with Gasteiger partial charge < -0.3 is 15.2 Å². The maximum atomic E-state index is 12.2. The fourth-order valence-electron chi connectivity index (χ4n) is 2.87. The van der Waals surface area contributed by atoms with E-state index in [0.29, 0.717) is 6.04 Å². The molecule has 0 aromatic carbocycles. The van der Waals surface area contributed by atoms with Crippen LogP contribution in [0.15, 0.2) is 12.4 Å². The van der Waals surface area contributed by atoms with E-state index in [0.717, 1.165) is 51.1 Å². The molecule has 2 aliphatic heterocycles. The number of carbonyl (C=O) groups excluding carboxylic acids is 1. The van der Waals surface area contributed by atoms with Crippen LogP contribution in [0, 0.1) is 5.92 Å². The van der Waals surface area contributed by atoms with Crippen molar-refractivity contribution in [1.82, 2.24) is 20.2 Å². The van der Waals surface area contributed by atoms with Gasteiger partial charge >= 0.3 is 0 Å². The summed E-state index contributed by atoms with van der Waals surface area (Å²) in [4.78, 5) is 16.5. The van der Waals surface area contributed by atoms with Gasteiger partial charge in [0.05, 0.1) is 0 Å². The topological polar surface area (TPSA) is 59.0 Å². The van der Waals surface area contributed by atoms with Crippen LogP contribution in [0.5, 0.6) is 0 Å². The summed E-state index contributed by atoms with van der Waals surface area (Å²) < 4.78 is 2.14. The Morgan fingerprint density at radius 2 is 2.44 bits per heavy atom. The lowest BCUT2D eigenvalue weighted by molar-refractivity contribution is -0.126. The minimum absolute atomic E-state index is 0.0989. The number of aromatic nitrogens is 2. The predicted molar refractivity (Wildman–Crippen MR) is 68.1 cm³/mol. The standard InChI is InChI=1S/C13H20N4O/c18-13(16-11-2-1-4-14-9-11)10-3-6-17-7-5-15-12(17)8-10/h5,7,10-11,14H,1-4,6,8-9H2,(H,16,18). The van der Waals surface area contributed by atoms with Gasteiger partial charge in [-0.2, -0.15) is 0 Å². The number of fused-ring (bicyclic) bond motifs is 1. The van der Waals surface area contributed by atoms with Gasteiger partial charge in [-0.15, -0.1) is 0 Å². The molecule has 5 heteroatoms. The van der Waals surface area contributed by atoms with Crippen LogP contribution in [0.1, 0.15) is 25.1 Å². The van der Waals surface area contributed by atoms with Crippen LogP contribution in [-0.2, 0) is 17.8 Å². The molecule has 2 aliphatic rings. The summed E-state index contributed by atoms with van der Waals surface area (Å²) in [6.45, 7) is 2.90. The van der Waals surface area contributed by atoms with Gasteiger partial charge in [-0.1, -0.05) is 0 Å². The summed E-state index contributed by atoms with van der Waals surface area (Å²) in [5.74, 6) is 1.35. The van der Waals surface area contributed by atoms with E-state index in [1.54, 1.807) is 0 Å². The molecule has 1 amide bonds. The van der Waals surface area contributed by atoms with Crippen LogP contribution in [0.25, 0.3) is 0 Å². The number of imidazole rings is 1. The smallest absolute Gasteiger partial charge is 0.223 e. The summed E-state index contributed by atoms with van der Waals surface area (Å²) in [6, 6.07) is 0.313. The zero-order chi connectivity index (χ0) is 12.4. The summed E-state index contributed by atoms with van der Waals surface area (Å²) in [5, 5.41) is 6.50. The third kappa shape index (κ3) is 2.41. The number of aryl methyl sites for hydroxylation is 1. The number of hydrogen-bond acceptors (Lipinski definition) is 3. The fraction of sp³-hybridized carbons (Fsp3) is 0.692. The highest BCUT2D eigenvalue weighted by molar-refractivity contribution is 5.79. The lowest BCUT2D eigenvalue weighted by Crippen LogP contribution is -2.48. The predicted octanol–water partition coefficient (Wildman–Crippen LogP) is 0.314. The third-order valence-electron chi connectivity index (χ3n) is 3.96. The minimum atomic E-state index is 0.0989. The van der Waals surface area contributed by atoms with E-state index in [4.69, 9.17) is 0 Å². The first-order chi connectivity index (χ1) is 8.83. The number of rotatable bonds is 2. The molecule has 2 unspecified atom stereocenters. The van der Waals surface area contributed by atoms with Crippen LogP contribution in [0.3, 0.4) is 0 Å². The SMILES string of the molecule is O=C(NC1CCCNC1)C1CCn2ccnc2C1. The van der Waals surface area contributed by atoms with E-state index in [9.17, 15) is 4.79 Å². The Labute approximate surface area is 107 Å². The lowest BCUT2D eigenvalue weighted by atomic mass is 9.96. The van der Waals surface area contributed by atoms with Crippen LogP contribution in [0.2, 0.25) is 0 Å². The number of amides is 1. The second-order valence-corrected chi connectivity index (χ2v) is 5.28. The van der Waals surface area contributed by atoms with Crippen molar-refractivity contribution in [3.8, 4) is 0 Å². The monoisotopic (exact) mass is 248 g/mol. The van der Waals surface area contributed by atoms with Gasteiger partial charge in [0, 0.05) is 43.9 Å². The van der Waals surface area contributed by atoms with E-state index in [2.05, 4.69) is 20.2 Å². The molecule has 1 aromatic rings. The summed E-state index contributed by atoms with van der Waals surface area (Å²) in [6.07, 6.45) is 7.77. The average molecular weight is 248 g/mol. The maximum Gasteiger partial charge on any atom is 0.223 e.